The highest BCUT2D eigenvalue weighted by molar-refractivity contribution is 5.31. The maximum Gasteiger partial charge on any atom is 0.159 e. The Hall–Kier alpha value is -2.67. The summed E-state index contributed by atoms with van der Waals surface area (Å²) in [4.78, 5) is 0. The van der Waals surface area contributed by atoms with Crippen LogP contribution in [0.5, 0.6) is 0 Å². The Bertz CT molecular complexity index is 892. The first kappa shape index (κ1) is 15.8. The number of nitrogens with zero attached hydrogens (tertiary/aromatic N) is 3. The van der Waals surface area contributed by atoms with E-state index in [1.165, 1.54) is 18.2 Å². The molecule has 25 heavy (non-hydrogen) atoms. The number of nitrogens with one attached hydrogen (secondary N) is 1. The third kappa shape index (κ3) is 3.41. The molecule has 0 amide bonds. The number of hydrogen-bond acceptors (Lipinski definition) is 3. The summed E-state index contributed by atoms with van der Waals surface area (Å²) in [7, 11) is 0. The zero-order chi connectivity index (χ0) is 17.4. The van der Waals surface area contributed by atoms with E-state index in [9.17, 15) is 13.2 Å². The van der Waals surface area contributed by atoms with E-state index in [-0.39, 0.29) is 17.8 Å². The van der Waals surface area contributed by atoms with Crippen molar-refractivity contribution in [3.05, 3.63) is 77.4 Å². The third-order valence-corrected chi connectivity index (χ3v) is 4.34. The van der Waals surface area contributed by atoms with Gasteiger partial charge in [-0.25, -0.2) is 17.9 Å². The van der Waals surface area contributed by atoms with Gasteiger partial charge in [0.2, 0.25) is 0 Å². The number of benzene rings is 2. The van der Waals surface area contributed by atoms with E-state index >= 15 is 0 Å². The van der Waals surface area contributed by atoms with Crippen LogP contribution in [0.1, 0.15) is 23.6 Å². The molecule has 1 aliphatic rings. The van der Waals surface area contributed by atoms with E-state index in [1.54, 1.807) is 29.1 Å². The molecule has 7 heteroatoms. The molecule has 0 spiro atoms. The van der Waals surface area contributed by atoms with Gasteiger partial charge in [0.25, 0.3) is 0 Å². The SMILES string of the molecule is Fc1ccc(-n2cc(CN[C@@H]3C[C@H]3c3ccc(F)c(F)c3)nn2)cc1. The number of halogens is 3. The summed E-state index contributed by atoms with van der Waals surface area (Å²) in [6.07, 6.45) is 2.65. The minimum Gasteiger partial charge on any atom is -0.308 e. The lowest BCUT2D eigenvalue weighted by molar-refractivity contribution is 0.506. The summed E-state index contributed by atoms with van der Waals surface area (Å²) >= 11 is 0. The van der Waals surface area contributed by atoms with Crippen LogP contribution in [0.25, 0.3) is 5.69 Å². The molecule has 0 bridgehead atoms. The average Bonchev–Trinajstić information content (AvgIpc) is 3.24. The summed E-state index contributed by atoms with van der Waals surface area (Å²) in [5.41, 5.74) is 2.28. The van der Waals surface area contributed by atoms with E-state index in [4.69, 9.17) is 0 Å². The van der Waals surface area contributed by atoms with Crippen LogP contribution in [0.3, 0.4) is 0 Å². The van der Waals surface area contributed by atoms with Crippen LogP contribution in [0, 0.1) is 17.5 Å². The summed E-state index contributed by atoms with van der Waals surface area (Å²) in [6, 6.07) is 10.2. The van der Waals surface area contributed by atoms with E-state index in [0.29, 0.717) is 6.54 Å². The van der Waals surface area contributed by atoms with E-state index in [0.717, 1.165) is 29.4 Å². The van der Waals surface area contributed by atoms with Crippen LogP contribution in [0.2, 0.25) is 0 Å². The summed E-state index contributed by atoms with van der Waals surface area (Å²) in [5, 5.41) is 11.4. The fourth-order valence-corrected chi connectivity index (χ4v) is 2.87. The molecular weight excluding hydrogens is 329 g/mol. The lowest BCUT2D eigenvalue weighted by Crippen LogP contribution is -2.17. The summed E-state index contributed by atoms with van der Waals surface area (Å²) in [6.45, 7) is 0.520. The number of aromatic nitrogens is 3. The van der Waals surface area contributed by atoms with Crippen molar-refractivity contribution < 1.29 is 13.2 Å². The molecule has 3 aromatic rings. The second-order valence-electron chi connectivity index (χ2n) is 6.13. The zero-order valence-electron chi connectivity index (χ0n) is 13.2. The van der Waals surface area contributed by atoms with Crippen molar-refractivity contribution in [2.45, 2.75) is 24.9 Å². The number of rotatable bonds is 5. The van der Waals surface area contributed by atoms with Gasteiger partial charge in [0, 0.05) is 18.5 Å². The predicted molar refractivity (Wildman–Crippen MR) is 85.7 cm³/mol. The molecule has 1 aliphatic carbocycles. The van der Waals surface area contributed by atoms with Crippen molar-refractivity contribution in [3.63, 3.8) is 0 Å². The first-order chi connectivity index (χ1) is 12.1. The van der Waals surface area contributed by atoms with Crippen molar-refractivity contribution in [1.82, 2.24) is 20.3 Å². The van der Waals surface area contributed by atoms with E-state index < -0.39 is 11.6 Å². The number of hydrogen-bond donors (Lipinski definition) is 1. The predicted octanol–water partition coefficient (Wildman–Crippen LogP) is 3.33. The molecule has 2 aromatic carbocycles. The molecule has 0 unspecified atom stereocenters. The molecule has 0 radical (unpaired) electrons. The molecule has 1 saturated carbocycles. The Morgan fingerprint density at radius 1 is 1.04 bits per heavy atom. The highest BCUT2D eigenvalue weighted by Crippen LogP contribution is 2.41. The minimum absolute atomic E-state index is 0.183. The Labute approximate surface area is 142 Å². The van der Waals surface area contributed by atoms with Gasteiger partial charge in [-0.2, -0.15) is 0 Å². The fraction of sp³-hybridized carbons (Fsp3) is 0.222. The zero-order valence-corrected chi connectivity index (χ0v) is 13.2. The maximum absolute atomic E-state index is 13.3. The molecule has 0 saturated heterocycles. The van der Waals surface area contributed by atoms with Crippen LogP contribution in [0.4, 0.5) is 13.2 Å². The van der Waals surface area contributed by atoms with Gasteiger partial charge < -0.3 is 5.32 Å². The maximum atomic E-state index is 13.3. The standard InChI is InChI=1S/C18H15F3N4/c19-12-2-4-14(5-3-12)25-10-13(23-24-25)9-22-18-8-15(18)11-1-6-16(20)17(21)7-11/h1-7,10,15,18,22H,8-9H2/t15-,18+/m0/s1. The van der Waals surface area contributed by atoms with Gasteiger partial charge in [-0.15, -0.1) is 5.10 Å². The molecule has 2 atom stereocenters. The fourth-order valence-electron chi connectivity index (χ4n) is 2.87. The molecule has 0 aliphatic heterocycles. The summed E-state index contributed by atoms with van der Waals surface area (Å²) in [5.74, 6) is -1.76. The second kappa shape index (κ2) is 6.33. The van der Waals surface area contributed by atoms with Gasteiger partial charge >= 0.3 is 0 Å². The monoisotopic (exact) mass is 344 g/mol. The lowest BCUT2D eigenvalue weighted by Gasteiger charge is -2.03. The second-order valence-corrected chi connectivity index (χ2v) is 6.13. The Balaban J connectivity index is 1.35. The largest absolute Gasteiger partial charge is 0.308 e. The molecule has 1 aromatic heterocycles. The average molecular weight is 344 g/mol. The van der Waals surface area contributed by atoms with Crippen LogP contribution in [0.15, 0.2) is 48.7 Å². The minimum atomic E-state index is -0.827. The van der Waals surface area contributed by atoms with Crippen molar-refractivity contribution in [1.29, 1.82) is 0 Å². The van der Waals surface area contributed by atoms with Gasteiger partial charge in [-0.1, -0.05) is 11.3 Å². The molecular formula is C18H15F3N4. The third-order valence-electron chi connectivity index (χ3n) is 4.34. The molecule has 1 fully saturated rings. The van der Waals surface area contributed by atoms with Gasteiger partial charge in [0.05, 0.1) is 17.6 Å². The van der Waals surface area contributed by atoms with Crippen LogP contribution >= 0.6 is 0 Å². The normalized spacial score (nSPS) is 19.2. The Morgan fingerprint density at radius 2 is 1.84 bits per heavy atom. The van der Waals surface area contributed by atoms with Crippen molar-refractivity contribution in [3.8, 4) is 5.69 Å². The summed E-state index contributed by atoms with van der Waals surface area (Å²) < 4.78 is 40.8. The first-order valence-electron chi connectivity index (χ1n) is 7.95. The van der Waals surface area contributed by atoms with Crippen LogP contribution in [-0.4, -0.2) is 21.0 Å². The van der Waals surface area contributed by atoms with Gasteiger partial charge in [0.1, 0.15) is 5.82 Å². The van der Waals surface area contributed by atoms with E-state index in [1.807, 2.05) is 0 Å². The molecule has 128 valence electrons. The first-order valence-corrected chi connectivity index (χ1v) is 7.95. The van der Waals surface area contributed by atoms with Crippen molar-refractivity contribution in [2.75, 3.05) is 0 Å². The molecule has 4 nitrogen and oxygen atoms in total. The van der Waals surface area contributed by atoms with Crippen molar-refractivity contribution >= 4 is 0 Å². The Kier molecular flexibility index (Phi) is 4.01. The smallest absolute Gasteiger partial charge is 0.159 e. The van der Waals surface area contributed by atoms with Crippen molar-refractivity contribution in [2.24, 2.45) is 0 Å². The van der Waals surface area contributed by atoms with Gasteiger partial charge in [-0.05, 0) is 48.4 Å². The van der Waals surface area contributed by atoms with Crippen LogP contribution < -0.4 is 5.32 Å². The highest BCUT2D eigenvalue weighted by atomic mass is 19.2. The molecule has 4 rings (SSSR count). The Morgan fingerprint density at radius 3 is 2.60 bits per heavy atom. The molecule has 1 N–H and O–H groups in total. The molecule has 1 heterocycles. The van der Waals surface area contributed by atoms with Crippen LogP contribution in [-0.2, 0) is 6.54 Å². The quantitative estimate of drug-likeness (QED) is 0.772. The van der Waals surface area contributed by atoms with E-state index in [2.05, 4.69) is 15.6 Å². The van der Waals surface area contributed by atoms with Gasteiger partial charge in [0.15, 0.2) is 11.6 Å². The highest BCUT2D eigenvalue weighted by Gasteiger charge is 2.38. The van der Waals surface area contributed by atoms with Gasteiger partial charge in [-0.3, -0.25) is 0 Å². The lowest BCUT2D eigenvalue weighted by atomic mass is 10.1. The topological polar surface area (TPSA) is 42.7 Å².